The highest BCUT2D eigenvalue weighted by atomic mass is 35.5. The topological polar surface area (TPSA) is 68.0 Å². The monoisotopic (exact) mass is 309 g/mol. The predicted molar refractivity (Wildman–Crippen MR) is 81.0 cm³/mol. The highest BCUT2D eigenvalue weighted by molar-refractivity contribution is 6.33. The summed E-state index contributed by atoms with van der Waals surface area (Å²) in [5, 5.41) is 3.72. The number of pyridine rings is 1. The summed E-state index contributed by atoms with van der Waals surface area (Å²) in [4.78, 5) is 16.0. The van der Waals surface area contributed by atoms with Gasteiger partial charge in [0, 0.05) is 11.2 Å². The van der Waals surface area contributed by atoms with Gasteiger partial charge < -0.3 is 11.1 Å². The van der Waals surface area contributed by atoms with Crippen molar-refractivity contribution in [2.45, 2.75) is 13.0 Å². The largest absolute Gasteiger partial charge is 0.384 e. The molecule has 6 heteroatoms. The van der Waals surface area contributed by atoms with Crippen LogP contribution >= 0.6 is 23.2 Å². The fourth-order valence-corrected chi connectivity index (χ4v) is 2.15. The molecule has 0 radical (unpaired) electrons. The third-order valence-electron chi connectivity index (χ3n) is 2.82. The molecule has 4 nitrogen and oxygen atoms in total. The second kappa shape index (κ2) is 6.11. The highest BCUT2D eigenvalue weighted by Gasteiger charge is 2.15. The van der Waals surface area contributed by atoms with E-state index in [9.17, 15) is 4.79 Å². The van der Waals surface area contributed by atoms with Crippen molar-refractivity contribution in [2.24, 2.45) is 0 Å². The minimum Gasteiger partial charge on any atom is -0.384 e. The number of hydrogen-bond acceptors (Lipinski definition) is 3. The van der Waals surface area contributed by atoms with Crippen LogP contribution in [-0.4, -0.2) is 10.9 Å². The summed E-state index contributed by atoms with van der Waals surface area (Å²) in [6, 6.07) is 8.54. The molecular weight excluding hydrogens is 297 g/mol. The maximum Gasteiger partial charge on any atom is 0.253 e. The third-order valence-corrected chi connectivity index (χ3v) is 3.35. The van der Waals surface area contributed by atoms with Gasteiger partial charge in [-0.1, -0.05) is 35.3 Å². The van der Waals surface area contributed by atoms with Gasteiger partial charge in [0.1, 0.15) is 5.82 Å². The fourth-order valence-electron chi connectivity index (χ4n) is 1.76. The van der Waals surface area contributed by atoms with Crippen LogP contribution in [0.5, 0.6) is 0 Å². The second-order valence-electron chi connectivity index (χ2n) is 4.34. The summed E-state index contributed by atoms with van der Waals surface area (Å²) < 4.78 is 0. The molecule has 20 heavy (non-hydrogen) atoms. The van der Waals surface area contributed by atoms with E-state index in [2.05, 4.69) is 10.3 Å². The van der Waals surface area contributed by atoms with Crippen LogP contribution in [-0.2, 0) is 0 Å². The molecule has 2 rings (SSSR count). The quantitative estimate of drug-likeness (QED) is 0.912. The summed E-state index contributed by atoms with van der Waals surface area (Å²) in [5.74, 6) is -0.0634. The van der Waals surface area contributed by atoms with Gasteiger partial charge in [0.15, 0.2) is 0 Å². The second-order valence-corrected chi connectivity index (χ2v) is 5.18. The van der Waals surface area contributed by atoms with Crippen molar-refractivity contribution >= 4 is 34.9 Å². The Labute approximate surface area is 126 Å². The molecule has 1 heterocycles. The summed E-state index contributed by atoms with van der Waals surface area (Å²) >= 11 is 11.9. The minimum atomic E-state index is -0.309. The SMILES string of the molecule is CC(NC(=O)c1cc(N)ncc1Cl)c1cccc(Cl)c1. The number of nitrogens with one attached hydrogen (secondary N) is 1. The van der Waals surface area contributed by atoms with Crippen molar-refractivity contribution in [3.63, 3.8) is 0 Å². The fraction of sp³-hybridized carbons (Fsp3) is 0.143. The van der Waals surface area contributed by atoms with Crippen molar-refractivity contribution < 1.29 is 4.79 Å². The number of carbonyl (C=O) groups is 1. The van der Waals surface area contributed by atoms with Crippen LogP contribution < -0.4 is 11.1 Å². The van der Waals surface area contributed by atoms with Crippen molar-refractivity contribution in [3.05, 3.63) is 57.7 Å². The summed E-state index contributed by atoms with van der Waals surface area (Å²) in [6.07, 6.45) is 1.36. The van der Waals surface area contributed by atoms with Crippen LogP contribution in [0.3, 0.4) is 0 Å². The molecule has 1 aromatic heterocycles. The number of nitrogens with zero attached hydrogens (tertiary/aromatic N) is 1. The van der Waals surface area contributed by atoms with E-state index < -0.39 is 0 Å². The van der Waals surface area contributed by atoms with Crippen molar-refractivity contribution in [1.29, 1.82) is 0 Å². The van der Waals surface area contributed by atoms with Crippen LogP contribution in [0.4, 0.5) is 5.82 Å². The standard InChI is InChI=1S/C14H13Cl2N3O/c1-8(9-3-2-4-10(15)5-9)19-14(20)11-6-13(17)18-7-12(11)16/h2-8H,1H3,(H2,17,18)(H,19,20). The first-order chi connectivity index (χ1) is 9.47. The number of amides is 1. The molecule has 1 amide bonds. The molecule has 0 aliphatic heterocycles. The Balaban J connectivity index is 2.17. The third kappa shape index (κ3) is 3.40. The Morgan fingerprint density at radius 2 is 2.10 bits per heavy atom. The Morgan fingerprint density at radius 1 is 1.35 bits per heavy atom. The van der Waals surface area contributed by atoms with Crippen LogP contribution in [0.1, 0.15) is 28.9 Å². The number of halogens is 2. The molecule has 1 aromatic carbocycles. The minimum absolute atomic E-state index is 0.202. The number of carbonyl (C=O) groups excluding carboxylic acids is 1. The molecule has 0 bridgehead atoms. The normalized spacial score (nSPS) is 11.9. The number of anilines is 1. The van der Waals surface area contributed by atoms with E-state index in [-0.39, 0.29) is 22.8 Å². The molecule has 3 N–H and O–H groups in total. The van der Waals surface area contributed by atoms with E-state index in [1.807, 2.05) is 19.1 Å². The molecule has 0 spiro atoms. The first-order valence-electron chi connectivity index (χ1n) is 5.94. The van der Waals surface area contributed by atoms with E-state index >= 15 is 0 Å². The first kappa shape index (κ1) is 14.6. The summed E-state index contributed by atoms with van der Waals surface area (Å²) in [6.45, 7) is 1.86. The zero-order valence-corrected chi connectivity index (χ0v) is 12.2. The average molecular weight is 310 g/mol. The maximum absolute atomic E-state index is 12.2. The zero-order valence-electron chi connectivity index (χ0n) is 10.7. The highest BCUT2D eigenvalue weighted by Crippen LogP contribution is 2.20. The van der Waals surface area contributed by atoms with E-state index in [4.69, 9.17) is 28.9 Å². The molecule has 0 saturated carbocycles. The van der Waals surface area contributed by atoms with Crippen LogP contribution in [0.2, 0.25) is 10.0 Å². The lowest BCUT2D eigenvalue weighted by atomic mass is 10.1. The van der Waals surface area contributed by atoms with Gasteiger partial charge in [-0.2, -0.15) is 0 Å². The van der Waals surface area contributed by atoms with Crippen molar-refractivity contribution in [1.82, 2.24) is 10.3 Å². The van der Waals surface area contributed by atoms with E-state index in [0.29, 0.717) is 10.6 Å². The Bertz CT molecular complexity index is 646. The van der Waals surface area contributed by atoms with Gasteiger partial charge in [-0.15, -0.1) is 0 Å². The molecule has 1 unspecified atom stereocenters. The Kier molecular flexibility index (Phi) is 4.47. The number of benzene rings is 1. The van der Waals surface area contributed by atoms with Crippen LogP contribution in [0.25, 0.3) is 0 Å². The van der Waals surface area contributed by atoms with Crippen LogP contribution in [0.15, 0.2) is 36.5 Å². The van der Waals surface area contributed by atoms with Gasteiger partial charge in [-0.05, 0) is 30.7 Å². The van der Waals surface area contributed by atoms with Gasteiger partial charge in [-0.3, -0.25) is 4.79 Å². The maximum atomic E-state index is 12.2. The van der Waals surface area contributed by atoms with Crippen molar-refractivity contribution in [3.8, 4) is 0 Å². The van der Waals surface area contributed by atoms with Gasteiger partial charge in [0.25, 0.3) is 5.91 Å². The van der Waals surface area contributed by atoms with Crippen LogP contribution in [0, 0.1) is 0 Å². The van der Waals surface area contributed by atoms with E-state index in [0.717, 1.165) is 5.56 Å². The van der Waals surface area contributed by atoms with E-state index in [1.54, 1.807) is 12.1 Å². The summed E-state index contributed by atoms with van der Waals surface area (Å²) in [5.41, 5.74) is 6.77. The number of rotatable bonds is 3. The molecule has 104 valence electrons. The van der Waals surface area contributed by atoms with Gasteiger partial charge in [0.2, 0.25) is 0 Å². The van der Waals surface area contributed by atoms with Gasteiger partial charge in [-0.25, -0.2) is 4.98 Å². The van der Waals surface area contributed by atoms with Gasteiger partial charge in [0.05, 0.1) is 16.6 Å². The molecule has 0 saturated heterocycles. The average Bonchev–Trinajstić information content (AvgIpc) is 2.41. The lowest BCUT2D eigenvalue weighted by Crippen LogP contribution is -2.27. The number of aromatic nitrogens is 1. The molecular formula is C14H13Cl2N3O. The Morgan fingerprint density at radius 3 is 2.80 bits per heavy atom. The van der Waals surface area contributed by atoms with Crippen molar-refractivity contribution in [2.75, 3.05) is 5.73 Å². The summed E-state index contributed by atoms with van der Waals surface area (Å²) in [7, 11) is 0. The molecule has 0 aliphatic carbocycles. The molecule has 2 aromatic rings. The molecule has 0 aliphatic rings. The zero-order chi connectivity index (χ0) is 14.7. The smallest absolute Gasteiger partial charge is 0.253 e. The first-order valence-corrected chi connectivity index (χ1v) is 6.70. The lowest BCUT2D eigenvalue weighted by Gasteiger charge is -2.15. The molecule has 1 atom stereocenters. The van der Waals surface area contributed by atoms with E-state index in [1.165, 1.54) is 12.3 Å². The lowest BCUT2D eigenvalue weighted by molar-refractivity contribution is 0.0940. The Hall–Kier alpha value is -1.78. The number of hydrogen-bond donors (Lipinski definition) is 2. The molecule has 0 fully saturated rings. The number of nitrogens with two attached hydrogens (primary N) is 1. The van der Waals surface area contributed by atoms with Gasteiger partial charge >= 0.3 is 0 Å². The predicted octanol–water partition coefficient (Wildman–Crippen LogP) is 3.46. The number of nitrogen functional groups attached to an aromatic ring is 1.